The predicted molar refractivity (Wildman–Crippen MR) is 164 cm³/mol. The topological polar surface area (TPSA) is 75.5 Å². The van der Waals surface area contributed by atoms with Crippen molar-refractivity contribution in [2.75, 3.05) is 4.90 Å². The molecule has 0 bridgehead atoms. The number of benzene rings is 3. The van der Waals surface area contributed by atoms with Crippen LogP contribution in [-0.4, -0.2) is 27.1 Å². The van der Waals surface area contributed by atoms with E-state index in [-0.39, 0.29) is 11.6 Å². The summed E-state index contributed by atoms with van der Waals surface area (Å²) < 4.78 is 44.7. The fourth-order valence-electron chi connectivity index (χ4n) is 4.31. The van der Waals surface area contributed by atoms with Crippen molar-refractivity contribution in [1.29, 1.82) is 0 Å². The number of thiazole rings is 2. The van der Waals surface area contributed by atoms with E-state index < -0.39 is 17.7 Å². The van der Waals surface area contributed by atoms with Gasteiger partial charge in [0.1, 0.15) is 17.4 Å². The molecule has 1 N–H and O–H groups in total. The summed E-state index contributed by atoms with van der Waals surface area (Å²) >= 11 is 2.95. The molecule has 6 nitrogen and oxygen atoms in total. The maximum Gasteiger partial charge on any atom is 0.416 e. The summed E-state index contributed by atoms with van der Waals surface area (Å²) in [5.41, 5.74) is 3.77. The zero-order chi connectivity index (χ0) is 30.7. The number of ether oxygens (including phenoxy) is 1. The number of aryl methyl sites for hydroxylation is 1. The Morgan fingerprint density at radius 1 is 0.953 bits per heavy atom. The number of anilines is 1. The van der Waals surface area contributed by atoms with Crippen molar-refractivity contribution in [3.63, 3.8) is 0 Å². The summed E-state index contributed by atoms with van der Waals surface area (Å²) in [5, 5.41) is 12.7. The minimum Gasteiger partial charge on any atom is -0.488 e. The number of hydrogen-bond acceptors (Lipinski definition) is 7. The zero-order valence-corrected chi connectivity index (χ0v) is 25.2. The molecule has 0 fully saturated rings. The van der Waals surface area contributed by atoms with Gasteiger partial charge in [0, 0.05) is 29.1 Å². The Morgan fingerprint density at radius 3 is 2.21 bits per heavy atom. The summed E-state index contributed by atoms with van der Waals surface area (Å²) in [6.07, 6.45) is -4.37. The molecule has 0 spiro atoms. The molecule has 5 rings (SSSR count). The van der Waals surface area contributed by atoms with Gasteiger partial charge in [-0.25, -0.2) is 14.8 Å². The van der Waals surface area contributed by atoms with Crippen molar-refractivity contribution in [2.45, 2.75) is 46.1 Å². The van der Waals surface area contributed by atoms with E-state index in [1.807, 2.05) is 48.7 Å². The molecule has 11 heteroatoms. The van der Waals surface area contributed by atoms with Crippen LogP contribution >= 0.6 is 22.7 Å². The maximum atomic E-state index is 12.9. The average molecular weight is 624 g/mol. The number of hydrogen-bond donors (Lipinski definition) is 1. The number of rotatable bonds is 10. The lowest BCUT2D eigenvalue weighted by Crippen LogP contribution is -2.30. The lowest BCUT2D eigenvalue weighted by molar-refractivity contribution is -0.137. The summed E-state index contributed by atoms with van der Waals surface area (Å²) in [4.78, 5) is 23.6. The summed E-state index contributed by atoms with van der Waals surface area (Å²) in [6, 6.07) is 19.7. The number of aromatic carboxylic acids is 1. The van der Waals surface area contributed by atoms with Crippen molar-refractivity contribution < 1.29 is 27.8 Å². The quantitative estimate of drug-likeness (QED) is 0.167. The molecular formula is C32H28F3N3O3S2. The Balaban J connectivity index is 1.22. The number of carboxylic acids is 1. The molecule has 0 aliphatic heterocycles. The van der Waals surface area contributed by atoms with Gasteiger partial charge in [0.05, 0.1) is 27.4 Å². The Kier molecular flexibility index (Phi) is 8.84. The number of halogens is 3. The van der Waals surface area contributed by atoms with Crippen molar-refractivity contribution in [3.05, 3.63) is 105 Å². The molecule has 5 aromatic rings. The Hall–Kier alpha value is -4.22. The molecule has 3 aromatic carbocycles. The molecule has 0 saturated heterocycles. The number of carbonyl (C=O) groups is 1. The molecule has 0 atom stereocenters. The van der Waals surface area contributed by atoms with Crippen LogP contribution in [0.25, 0.3) is 21.8 Å². The molecule has 0 saturated carbocycles. The SMILES string of the molecule is Cc1nc(-c2ccc(C(F)(F)F)cc2)sc1COc1ccc(-c2csc(N(Cc3ccc(C(=O)O)cc3)C(C)C)n2)cc1. The molecule has 0 radical (unpaired) electrons. The maximum absolute atomic E-state index is 12.9. The number of aromatic nitrogens is 2. The van der Waals surface area contributed by atoms with Gasteiger partial charge in [0.25, 0.3) is 0 Å². The van der Waals surface area contributed by atoms with Gasteiger partial charge in [-0.2, -0.15) is 13.2 Å². The molecule has 0 amide bonds. The van der Waals surface area contributed by atoms with E-state index >= 15 is 0 Å². The second-order valence-electron chi connectivity index (χ2n) is 10.2. The largest absolute Gasteiger partial charge is 0.488 e. The minimum absolute atomic E-state index is 0.184. The van der Waals surface area contributed by atoms with Crippen molar-refractivity contribution in [3.8, 4) is 27.6 Å². The second-order valence-corrected chi connectivity index (χ2v) is 12.1. The Labute approximate surface area is 255 Å². The van der Waals surface area contributed by atoms with Gasteiger partial charge in [-0.15, -0.1) is 22.7 Å². The van der Waals surface area contributed by atoms with Gasteiger partial charge in [-0.3, -0.25) is 0 Å². The fraction of sp³-hybridized carbons (Fsp3) is 0.219. The highest BCUT2D eigenvalue weighted by atomic mass is 32.1. The standard InChI is InChI=1S/C32H28F3N3O3S2/c1-19(2)38(16-21-4-6-24(7-5-21)30(39)40)31-37-27(18-42-31)22-10-14-26(15-11-22)41-17-28-20(3)36-29(43-28)23-8-12-25(13-9-23)32(33,34)35/h4-15,18-19H,16-17H2,1-3H3,(H,39,40). The summed E-state index contributed by atoms with van der Waals surface area (Å²) in [5.74, 6) is -0.269. The van der Waals surface area contributed by atoms with Crippen LogP contribution < -0.4 is 9.64 Å². The van der Waals surface area contributed by atoms with Crippen LogP contribution in [-0.2, 0) is 19.3 Å². The van der Waals surface area contributed by atoms with Crippen molar-refractivity contribution in [2.24, 2.45) is 0 Å². The van der Waals surface area contributed by atoms with Crippen LogP contribution in [0.2, 0.25) is 0 Å². The van der Waals surface area contributed by atoms with E-state index in [1.165, 1.54) is 23.5 Å². The first kappa shape index (κ1) is 30.2. The van der Waals surface area contributed by atoms with Crippen LogP contribution in [0, 0.1) is 6.92 Å². The van der Waals surface area contributed by atoms with E-state index in [0.717, 1.165) is 44.7 Å². The van der Waals surface area contributed by atoms with Crippen molar-refractivity contribution >= 4 is 33.8 Å². The van der Waals surface area contributed by atoms with Crippen LogP contribution in [0.15, 0.2) is 78.2 Å². The van der Waals surface area contributed by atoms with Crippen molar-refractivity contribution in [1.82, 2.24) is 9.97 Å². The third-order valence-electron chi connectivity index (χ3n) is 6.79. The van der Waals surface area contributed by atoms with Gasteiger partial charge in [0.15, 0.2) is 5.13 Å². The van der Waals surface area contributed by atoms with Crippen LogP contribution in [0.1, 0.15) is 45.9 Å². The van der Waals surface area contributed by atoms with Gasteiger partial charge in [-0.1, -0.05) is 24.3 Å². The highest BCUT2D eigenvalue weighted by Crippen LogP contribution is 2.34. The molecular weight excluding hydrogens is 595 g/mol. The van der Waals surface area contributed by atoms with Gasteiger partial charge < -0.3 is 14.7 Å². The van der Waals surface area contributed by atoms with Gasteiger partial charge >= 0.3 is 12.1 Å². The molecule has 0 aliphatic carbocycles. The van der Waals surface area contributed by atoms with E-state index in [2.05, 4.69) is 23.7 Å². The smallest absolute Gasteiger partial charge is 0.416 e. The molecule has 2 heterocycles. The first-order valence-corrected chi connectivity index (χ1v) is 15.1. The number of alkyl halides is 3. The number of carboxylic acid groups (broad SMARTS) is 1. The molecule has 2 aromatic heterocycles. The average Bonchev–Trinajstić information content (AvgIpc) is 3.62. The third kappa shape index (κ3) is 7.23. The molecule has 43 heavy (non-hydrogen) atoms. The fourth-order valence-corrected chi connectivity index (χ4v) is 6.26. The lowest BCUT2D eigenvalue weighted by atomic mass is 10.1. The Morgan fingerprint density at radius 2 is 1.60 bits per heavy atom. The van der Waals surface area contributed by atoms with E-state index in [1.54, 1.807) is 23.5 Å². The molecule has 0 unspecified atom stereocenters. The highest BCUT2D eigenvalue weighted by Gasteiger charge is 2.30. The number of nitrogens with zero attached hydrogens (tertiary/aromatic N) is 3. The van der Waals surface area contributed by atoms with E-state index in [9.17, 15) is 18.0 Å². The predicted octanol–water partition coefficient (Wildman–Crippen LogP) is 8.95. The van der Waals surface area contributed by atoms with Crippen LogP contribution in [0.3, 0.4) is 0 Å². The molecule has 222 valence electrons. The Bertz CT molecular complexity index is 1700. The van der Waals surface area contributed by atoms with E-state index in [4.69, 9.17) is 14.8 Å². The van der Waals surface area contributed by atoms with Gasteiger partial charge in [-0.05, 0) is 74.9 Å². The van der Waals surface area contributed by atoms with E-state index in [0.29, 0.717) is 29.5 Å². The van der Waals surface area contributed by atoms with Crippen LogP contribution in [0.4, 0.5) is 18.3 Å². The van der Waals surface area contributed by atoms with Crippen LogP contribution in [0.5, 0.6) is 5.75 Å². The third-order valence-corrected chi connectivity index (χ3v) is 8.84. The first-order chi connectivity index (χ1) is 20.5. The zero-order valence-electron chi connectivity index (χ0n) is 23.6. The second kappa shape index (κ2) is 12.6. The molecule has 0 aliphatic rings. The minimum atomic E-state index is -4.37. The normalized spacial score (nSPS) is 11.6. The lowest BCUT2D eigenvalue weighted by Gasteiger charge is -2.26. The highest BCUT2D eigenvalue weighted by molar-refractivity contribution is 7.15. The summed E-state index contributed by atoms with van der Waals surface area (Å²) in [7, 11) is 0. The monoisotopic (exact) mass is 623 g/mol. The first-order valence-electron chi connectivity index (χ1n) is 13.4. The summed E-state index contributed by atoms with van der Waals surface area (Å²) in [6.45, 7) is 6.94. The van der Waals surface area contributed by atoms with Gasteiger partial charge in [0.2, 0.25) is 0 Å².